The van der Waals surface area contributed by atoms with Gasteiger partial charge in [0, 0.05) is 45.6 Å². The Kier molecular flexibility index (Phi) is 4.79. The fraction of sp³-hybridized carbons (Fsp3) is 0.474. The van der Waals surface area contributed by atoms with Crippen LogP contribution in [0.15, 0.2) is 30.7 Å². The number of aryl methyl sites for hydroxylation is 1. The second-order valence-electron chi connectivity index (χ2n) is 7.07. The standard InChI is InChI=1S/C19H24N6O2/c1-22-13-15(12-21-22)25-11-10-24(14-17(25)26)18-16(6-5-7-20-18)19(27)23-8-3-2-4-9-23/h5-7,12-13H,2-4,8-11,14H2,1H3. The number of pyridine rings is 1. The largest absolute Gasteiger partial charge is 0.345 e. The first-order valence-corrected chi connectivity index (χ1v) is 9.42. The molecule has 0 bridgehead atoms. The molecule has 27 heavy (non-hydrogen) atoms. The molecule has 4 rings (SSSR count). The molecule has 0 saturated carbocycles. The van der Waals surface area contributed by atoms with E-state index in [9.17, 15) is 9.59 Å². The van der Waals surface area contributed by atoms with Crippen molar-refractivity contribution in [1.29, 1.82) is 0 Å². The van der Waals surface area contributed by atoms with Crippen molar-refractivity contribution in [1.82, 2.24) is 19.7 Å². The summed E-state index contributed by atoms with van der Waals surface area (Å²) in [6.45, 7) is 2.95. The maximum atomic E-state index is 13.0. The summed E-state index contributed by atoms with van der Waals surface area (Å²) in [7, 11) is 1.83. The Morgan fingerprint density at radius 2 is 1.93 bits per heavy atom. The van der Waals surface area contributed by atoms with Crippen molar-refractivity contribution in [2.45, 2.75) is 19.3 Å². The zero-order chi connectivity index (χ0) is 18.8. The van der Waals surface area contributed by atoms with Gasteiger partial charge in [0.25, 0.3) is 5.91 Å². The maximum absolute atomic E-state index is 13.0. The van der Waals surface area contributed by atoms with E-state index in [1.165, 1.54) is 6.42 Å². The SMILES string of the molecule is Cn1cc(N2CCN(c3ncccc3C(=O)N3CCCCC3)CC2=O)cn1. The van der Waals surface area contributed by atoms with Crippen LogP contribution in [0.5, 0.6) is 0 Å². The van der Waals surface area contributed by atoms with Crippen molar-refractivity contribution < 1.29 is 9.59 Å². The number of amides is 2. The lowest BCUT2D eigenvalue weighted by atomic mass is 10.1. The molecule has 8 heteroatoms. The molecule has 8 nitrogen and oxygen atoms in total. The van der Waals surface area contributed by atoms with Crippen LogP contribution in [0.2, 0.25) is 0 Å². The molecule has 0 aliphatic carbocycles. The Morgan fingerprint density at radius 1 is 1.11 bits per heavy atom. The number of anilines is 2. The van der Waals surface area contributed by atoms with Gasteiger partial charge in [-0.2, -0.15) is 5.10 Å². The number of hydrogen-bond acceptors (Lipinski definition) is 5. The molecule has 0 N–H and O–H groups in total. The molecule has 2 aliphatic rings. The molecule has 2 aromatic heterocycles. The van der Waals surface area contributed by atoms with Gasteiger partial charge in [-0.25, -0.2) is 4.98 Å². The van der Waals surface area contributed by atoms with Gasteiger partial charge in [-0.15, -0.1) is 0 Å². The molecule has 2 saturated heterocycles. The molecule has 2 aliphatic heterocycles. The predicted octanol–water partition coefficient (Wildman–Crippen LogP) is 1.29. The highest BCUT2D eigenvalue weighted by Crippen LogP contribution is 2.24. The lowest BCUT2D eigenvalue weighted by Gasteiger charge is -2.35. The van der Waals surface area contributed by atoms with Gasteiger partial charge in [-0.05, 0) is 31.4 Å². The third-order valence-electron chi connectivity index (χ3n) is 5.18. The smallest absolute Gasteiger partial charge is 0.257 e. The Labute approximate surface area is 158 Å². The minimum Gasteiger partial charge on any atom is -0.345 e. The molecule has 0 atom stereocenters. The van der Waals surface area contributed by atoms with Gasteiger partial charge in [0.1, 0.15) is 5.82 Å². The number of nitrogens with zero attached hydrogens (tertiary/aromatic N) is 6. The average Bonchev–Trinajstić information content (AvgIpc) is 3.14. The molecule has 0 radical (unpaired) electrons. The number of carbonyl (C=O) groups is 2. The monoisotopic (exact) mass is 368 g/mol. The van der Waals surface area contributed by atoms with Crippen molar-refractivity contribution in [3.05, 3.63) is 36.3 Å². The summed E-state index contributed by atoms with van der Waals surface area (Å²) < 4.78 is 1.68. The van der Waals surface area contributed by atoms with Crippen LogP contribution in [0.1, 0.15) is 29.6 Å². The molecule has 2 amide bonds. The Hall–Kier alpha value is -2.90. The lowest BCUT2D eigenvalue weighted by molar-refractivity contribution is -0.117. The molecule has 142 valence electrons. The molecular weight excluding hydrogens is 344 g/mol. The summed E-state index contributed by atoms with van der Waals surface area (Å²) in [5, 5.41) is 4.14. The van der Waals surface area contributed by atoms with Crippen LogP contribution in [-0.4, -0.2) is 64.2 Å². The number of likely N-dealkylation sites (tertiary alicyclic amines) is 1. The van der Waals surface area contributed by atoms with E-state index < -0.39 is 0 Å². The van der Waals surface area contributed by atoms with Gasteiger partial charge in [-0.3, -0.25) is 14.3 Å². The van der Waals surface area contributed by atoms with Crippen molar-refractivity contribution >= 4 is 23.3 Å². The van der Waals surface area contributed by atoms with Crippen molar-refractivity contribution in [3.8, 4) is 0 Å². The van der Waals surface area contributed by atoms with E-state index in [4.69, 9.17) is 0 Å². The molecule has 0 aromatic carbocycles. The van der Waals surface area contributed by atoms with Crippen LogP contribution < -0.4 is 9.80 Å². The number of aromatic nitrogens is 3. The Bertz CT molecular complexity index is 842. The van der Waals surface area contributed by atoms with Crippen molar-refractivity contribution in [2.24, 2.45) is 7.05 Å². The van der Waals surface area contributed by atoms with E-state index in [0.717, 1.165) is 31.6 Å². The first kappa shape index (κ1) is 17.5. The number of carbonyl (C=O) groups excluding carboxylic acids is 2. The normalized spacial score (nSPS) is 18.1. The van der Waals surface area contributed by atoms with Gasteiger partial charge in [-0.1, -0.05) is 0 Å². The van der Waals surface area contributed by atoms with E-state index in [1.807, 2.05) is 29.1 Å². The quantitative estimate of drug-likeness (QED) is 0.816. The van der Waals surface area contributed by atoms with E-state index in [-0.39, 0.29) is 18.4 Å². The predicted molar refractivity (Wildman–Crippen MR) is 102 cm³/mol. The summed E-state index contributed by atoms with van der Waals surface area (Å²) in [6.07, 6.45) is 8.47. The van der Waals surface area contributed by atoms with Crippen LogP contribution in [0, 0.1) is 0 Å². The average molecular weight is 368 g/mol. The first-order valence-electron chi connectivity index (χ1n) is 9.42. The van der Waals surface area contributed by atoms with E-state index in [1.54, 1.807) is 28.0 Å². The summed E-state index contributed by atoms with van der Waals surface area (Å²) in [5.74, 6) is 0.600. The van der Waals surface area contributed by atoms with Crippen LogP contribution in [0.4, 0.5) is 11.5 Å². The topological polar surface area (TPSA) is 74.6 Å². The Morgan fingerprint density at radius 3 is 2.63 bits per heavy atom. The molecule has 2 fully saturated rings. The zero-order valence-electron chi connectivity index (χ0n) is 15.5. The summed E-state index contributed by atoms with van der Waals surface area (Å²) in [4.78, 5) is 35.7. The summed E-state index contributed by atoms with van der Waals surface area (Å²) >= 11 is 0. The third kappa shape index (κ3) is 3.51. The zero-order valence-corrected chi connectivity index (χ0v) is 15.5. The fourth-order valence-electron chi connectivity index (χ4n) is 3.76. The maximum Gasteiger partial charge on any atom is 0.257 e. The molecule has 0 unspecified atom stereocenters. The van der Waals surface area contributed by atoms with Gasteiger partial charge >= 0.3 is 0 Å². The number of piperidine rings is 1. The minimum absolute atomic E-state index is 0.0138. The number of rotatable bonds is 3. The van der Waals surface area contributed by atoms with Gasteiger partial charge in [0.05, 0.1) is 24.0 Å². The summed E-state index contributed by atoms with van der Waals surface area (Å²) in [6, 6.07) is 3.60. The molecule has 0 spiro atoms. The van der Waals surface area contributed by atoms with Crippen molar-refractivity contribution in [2.75, 3.05) is 42.5 Å². The van der Waals surface area contributed by atoms with Gasteiger partial charge in [0.15, 0.2) is 0 Å². The van der Waals surface area contributed by atoms with Crippen LogP contribution >= 0.6 is 0 Å². The third-order valence-corrected chi connectivity index (χ3v) is 5.18. The lowest BCUT2D eigenvalue weighted by Crippen LogP contribution is -2.51. The highest BCUT2D eigenvalue weighted by molar-refractivity contribution is 6.01. The van der Waals surface area contributed by atoms with E-state index >= 15 is 0 Å². The molecule has 4 heterocycles. The molecule has 2 aromatic rings. The second-order valence-corrected chi connectivity index (χ2v) is 7.07. The highest BCUT2D eigenvalue weighted by Gasteiger charge is 2.30. The second kappa shape index (κ2) is 7.38. The first-order chi connectivity index (χ1) is 13.1. The number of hydrogen-bond donors (Lipinski definition) is 0. The van der Waals surface area contributed by atoms with Crippen LogP contribution in [-0.2, 0) is 11.8 Å². The highest BCUT2D eigenvalue weighted by atomic mass is 16.2. The summed E-state index contributed by atoms with van der Waals surface area (Å²) in [5.41, 5.74) is 1.38. The minimum atomic E-state index is -0.0173. The molecular formula is C19H24N6O2. The van der Waals surface area contributed by atoms with E-state index in [0.29, 0.717) is 24.5 Å². The van der Waals surface area contributed by atoms with Gasteiger partial charge < -0.3 is 14.7 Å². The van der Waals surface area contributed by atoms with Gasteiger partial charge in [0.2, 0.25) is 5.91 Å². The fourth-order valence-corrected chi connectivity index (χ4v) is 3.76. The Balaban J connectivity index is 1.53. The van der Waals surface area contributed by atoms with E-state index in [2.05, 4.69) is 10.1 Å². The number of piperazine rings is 1. The van der Waals surface area contributed by atoms with Crippen LogP contribution in [0.25, 0.3) is 0 Å². The van der Waals surface area contributed by atoms with Crippen LogP contribution in [0.3, 0.4) is 0 Å². The van der Waals surface area contributed by atoms with Crippen molar-refractivity contribution in [3.63, 3.8) is 0 Å².